The molecule has 1 aromatic rings. The number of aliphatic hydroxyl groups is 1. The lowest BCUT2D eigenvalue weighted by molar-refractivity contribution is 0.177. The van der Waals surface area contributed by atoms with Crippen LogP contribution in [0.4, 0.5) is 0 Å². The van der Waals surface area contributed by atoms with Crippen LogP contribution in [-0.4, -0.2) is 21.6 Å². The second-order valence-corrected chi connectivity index (χ2v) is 3.96. The summed E-state index contributed by atoms with van der Waals surface area (Å²) in [5.74, 6) is 1.22. The first-order chi connectivity index (χ1) is 6.81. The maximum absolute atomic E-state index is 9.47. The molecule has 4 heteroatoms. The molecule has 1 atom stereocenters. The van der Waals surface area contributed by atoms with E-state index in [1.807, 2.05) is 6.20 Å². The first-order valence-corrected chi connectivity index (χ1v) is 5.24. The van der Waals surface area contributed by atoms with Crippen LogP contribution in [0, 0.1) is 0 Å². The van der Waals surface area contributed by atoms with E-state index in [1.54, 1.807) is 0 Å². The molecule has 4 N–H and O–H groups in total. The van der Waals surface area contributed by atoms with Gasteiger partial charge in [0.25, 0.3) is 0 Å². The minimum absolute atomic E-state index is 0.220. The lowest BCUT2D eigenvalue weighted by atomic mass is 10.1. The average Bonchev–Trinajstić information content (AvgIpc) is 2.86. The molecule has 0 saturated heterocycles. The number of rotatable bonds is 3. The van der Waals surface area contributed by atoms with Gasteiger partial charge in [0.1, 0.15) is 11.9 Å². The van der Waals surface area contributed by atoms with Gasteiger partial charge in [0.2, 0.25) is 0 Å². The Morgan fingerprint density at radius 1 is 1.57 bits per heavy atom. The van der Waals surface area contributed by atoms with Crippen LogP contribution in [0.15, 0.2) is 6.20 Å². The molecule has 0 radical (unpaired) electrons. The van der Waals surface area contributed by atoms with Crippen LogP contribution in [0.25, 0.3) is 0 Å². The van der Waals surface area contributed by atoms with Crippen LogP contribution in [0.5, 0.6) is 0 Å². The molecular weight excluding hydrogens is 178 g/mol. The molecule has 1 heterocycles. The summed E-state index contributed by atoms with van der Waals surface area (Å²) in [7, 11) is 0. The second-order valence-electron chi connectivity index (χ2n) is 3.96. The largest absolute Gasteiger partial charge is 0.384 e. The van der Waals surface area contributed by atoms with E-state index in [0.29, 0.717) is 11.7 Å². The number of nitrogens with zero attached hydrogens (tertiary/aromatic N) is 1. The number of aliphatic hydroxyl groups excluding tert-OH is 1. The zero-order valence-electron chi connectivity index (χ0n) is 8.24. The highest BCUT2D eigenvalue weighted by atomic mass is 16.3. The van der Waals surface area contributed by atoms with Gasteiger partial charge in [-0.25, -0.2) is 4.98 Å². The van der Waals surface area contributed by atoms with Gasteiger partial charge in [-0.05, 0) is 12.8 Å². The third-order valence-electron chi connectivity index (χ3n) is 2.95. The summed E-state index contributed by atoms with van der Waals surface area (Å²) in [6.45, 7) is 0.220. The monoisotopic (exact) mass is 195 g/mol. The topological polar surface area (TPSA) is 74.9 Å². The Morgan fingerprint density at radius 2 is 2.29 bits per heavy atom. The van der Waals surface area contributed by atoms with Gasteiger partial charge in [-0.2, -0.15) is 0 Å². The molecule has 1 aliphatic rings. The molecule has 1 aromatic heterocycles. The maximum atomic E-state index is 9.47. The molecule has 14 heavy (non-hydrogen) atoms. The number of aromatic amines is 1. The second kappa shape index (κ2) is 4.11. The summed E-state index contributed by atoms with van der Waals surface area (Å²) in [4.78, 5) is 7.31. The number of hydrogen-bond donors (Lipinski definition) is 3. The summed E-state index contributed by atoms with van der Waals surface area (Å²) in [5.41, 5.74) is 6.51. The first kappa shape index (κ1) is 9.68. The minimum Gasteiger partial charge on any atom is -0.384 e. The van der Waals surface area contributed by atoms with Crippen molar-refractivity contribution in [2.75, 3.05) is 6.54 Å². The number of hydrogen-bond acceptors (Lipinski definition) is 3. The standard InChI is InChI=1S/C10H17N3O/c11-5-9(14)10-12-6-8(13-10)7-3-1-2-4-7/h6-7,9,14H,1-5,11H2,(H,12,13). The van der Waals surface area contributed by atoms with E-state index < -0.39 is 6.10 Å². The first-order valence-electron chi connectivity index (χ1n) is 5.24. The van der Waals surface area contributed by atoms with Crippen molar-refractivity contribution in [1.29, 1.82) is 0 Å². The predicted molar refractivity (Wildman–Crippen MR) is 53.8 cm³/mol. The molecular formula is C10H17N3O. The van der Waals surface area contributed by atoms with Gasteiger partial charge in [-0.3, -0.25) is 0 Å². The summed E-state index contributed by atoms with van der Waals surface area (Å²) < 4.78 is 0. The van der Waals surface area contributed by atoms with Crippen molar-refractivity contribution in [3.8, 4) is 0 Å². The van der Waals surface area contributed by atoms with Crippen molar-refractivity contribution in [3.63, 3.8) is 0 Å². The third-order valence-corrected chi connectivity index (χ3v) is 2.95. The minimum atomic E-state index is -0.648. The van der Waals surface area contributed by atoms with Crippen molar-refractivity contribution in [2.24, 2.45) is 5.73 Å². The van der Waals surface area contributed by atoms with Gasteiger partial charge in [0, 0.05) is 24.4 Å². The number of nitrogens with two attached hydrogens (primary N) is 1. The Labute approximate surface area is 83.5 Å². The molecule has 0 spiro atoms. The summed E-state index contributed by atoms with van der Waals surface area (Å²) in [6, 6.07) is 0. The van der Waals surface area contributed by atoms with Gasteiger partial charge >= 0.3 is 0 Å². The van der Waals surface area contributed by atoms with Gasteiger partial charge in [0.15, 0.2) is 0 Å². The molecule has 1 aliphatic carbocycles. The van der Waals surface area contributed by atoms with Crippen molar-refractivity contribution >= 4 is 0 Å². The number of aromatic nitrogens is 2. The third kappa shape index (κ3) is 1.81. The highest BCUT2D eigenvalue weighted by Gasteiger charge is 2.20. The van der Waals surface area contributed by atoms with E-state index in [9.17, 15) is 5.11 Å². The fraction of sp³-hybridized carbons (Fsp3) is 0.700. The van der Waals surface area contributed by atoms with Crippen LogP contribution in [0.3, 0.4) is 0 Å². The number of H-pyrrole nitrogens is 1. The fourth-order valence-electron chi connectivity index (χ4n) is 2.08. The van der Waals surface area contributed by atoms with Crippen molar-refractivity contribution in [3.05, 3.63) is 17.7 Å². The van der Waals surface area contributed by atoms with Crippen molar-refractivity contribution < 1.29 is 5.11 Å². The molecule has 1 saturated carbocycles. The van der Waals surface area contributed by atoms with Gasteiger partial charge in [0.05, 0.1) is 0 Å². The molecule has 1 unspecified atom stereocenters. The Bertz CT molecular complexity index is 291. The Balaban J connectivity index is 2.08. The summed E-state index contributed by atoms with van der Waals surface area (Å²) >= 11 is 0. The van der Waals surface area contributed by atoms with Crippen LogP contribution in [-0.2, 0) is 0 Å². The van der Waals surface area contributed by atoms with Crippen LogP contribution >= 0.6 is 0 Å². The van der Waals surface area contributed by atoms with Crippen LogP contribution < -0.4 is 5.73 Å². The van der Waals surface area contributed by atoms with Gasteiger partial charge < -0.3 is 15.8 Å². The molecule has 0 amide bonds. The molecule has 4 nitrogen and oxygen atoms in total. The van der Waals surface area contributed by atoms with E-state index in [-0.39, 0.29) is 6.54 Å². The van der Waals surface area contributed by atoms with Gasteiger partial charge in [-0.15, -0.1) is 0 Å². The Morgan fingerprint density at radius 3 is 2.93 bits per heavy atom. The molecule has 2 rings (SSSR count). The van der Waals surface area contributed by atoms with Gasteiger partial charge in [-0.1, -0.05) is 12.8 Å². The molecule has 78 valence electrons. The number of nitrogens with one attached hydrogen (secondary N) is 1. The fourth-order valence-corrected chi connectivity index (χ4v) is 2.08. The smallest absolute Gasteiger partial charge is 0.136 e. The van der Waals surface area contributed by atoms with Crippen LogP contribution in [0.1, 0.15) is 49.2 Å². The normalized spacial score (nSPS) is 20.1. The quantitative estimate of drug-likeness (QED) is 0.675. The lowest BCUT2D eigenvalue weighted by Crippen LogP contribution is -2.13. The maximum Gasteiger partial charge on any atom is 0.136 e. The van der Waals surface area contributed by atoms with E-state index in [2.05, 4.69) is 9.97 Å². The van der Waals surface area contributed by atoms with E-state index in [1.165, 1.54) is 25.7 Å². The Hall–Kier alpha value is -0.870. The molecule has 0 aliphatic heterocycles. The van der Waals surface area contributed by atoms with Crippen molar-refractivity contribution in [1.82, 2.24) is 9.97 Å². The Kier molecular flexibility index (Phi) is 2.84. The average molecular weight is 195 g/mol. The lowest BCUT2D eigenvalue weighted by Gasteiger charge is -2.06. The molecule has 0 aromatic carbocycles. The zero-order valence-corrected chi connectivity index (χ0v) is 8.24. The highest BCUT2D eigenvalue weighted by molar-refractivity contribution is 5.10. The summed E-state index contributed by atoms with van der Waals surface area (Å²) in [6.07, 6.45) is 6.27. The van der Waals surface area contributed by atoms with Crippen molar-refractivity contribution in [2.45, 2.75) is 37.7 Å². The SMILES string of the molecule is NCC(O)c1ncc(C2CCCC2)[nH]1. The van der Waals surface area contributed by atoms with E-state index in [4.69, 9.17) is 5.73 Å². The highest BCUT2D eigenvalue weighted by Crippen LogP contribution is 2.33. The summed E-state index contributed by atoms with van der Waals surface area (Å²) in [5, 5.41) is 9.47. The van der Waals surface area contributed by atoms with E-state index in [0.717, 1.165) is 5.69 Å². The predicted octanol–water partition coefficient (Wildman–Crippen LogP) is 1.06. The van der Waals surface area contributed by atoms with Crippen LogP contribution in [0.2, 0.25) is 0 Å². The molecule has 0 bridgehead atoms. The van der Waals surface area contributed by atoms with E-state index >= 15 is 0 Å². The zero-order chi connectivity index (χ0) is 9.97. The molecule has 1 fully saturated rings. The number of imidazole rings is 1.